The second-order valence-electron chi connectivity index (χ2n) is 11.9. The van der Waals surface area contributed by atoms with Crippen molar-refractivity contribution in [1.29, 1.82) is 0 Å². The van der Waals surface area contributed by atoms with E-state index in [1.54, 1.807) is 121 Å². The molecule has 0 spiro atoms. The number of esters is 4. The molecule has 1 aliphatic rings. The van der Waals surface area contributed by atoms with Gasteiger partial charge in [0.15, 0.2) is 12.2 Å². The van der Waals surface area contributed by atoms with Crippen LogP contribution in [0.1, 0.15) is 67.1 Å². The molecule has 4 aromatic carbocycles. The Kier molecular flexibility index (Phi) is 13.3. The summed E-state index contributed by atoms with van der Waals surface area (Å²) in [7, 11) is 0. The van der Waals surface area contributed by atoms with Crippen LogP contribution in [0.2, 0.25) is 0 Å². The topological polar surface area (TPSA) is 135 Å². The fraction of sp³-hybridized carbons (Fsp3) is 0.300. The summed E-state index contributed by atoms with van der Waals surface area (Å²) in [5, 5.41) is 9.25. The lowest BCUT2D eigenvalue weighted by Crippen LogP contribution is -2.59. The Morgan fingerprint density at radius 2 is 0.940 bits per heavy atom. The van der Waals surface area contributed by atoms with Crippen LogP contribution in [0.5, 0.6) is 0 Å². The van der Waals surface area contributed by atoms with E-state index in [1.807, 2.05) is 0 Å². The molecule has 4 aromatic rings. The molecule has 0 saturated heterocycles. The Balaban J connectivity index is 1.52. The van der Waals surface area contributed by atoms with Gasteiger partial charge in [0.25, 0.3) is 0 Å². The molecule has 1 N–H and O–H groups in total. The fourth-order valence-electron chi connectivity index (χ4n) is 5.76. The number of hydrogen-bond acceptors (Lipinski definition) is 10. The molecule has 10 heteroatoms. The fourth-order valence-corrected chi connectivity index (χ4v) is 5.76. The van der Waals surface area contributed by atoms with Gasteiger partial charge >= 0.3 is 23.9 Å². The minimum Gasteiger partial charge on any atom is -0.462 e. The number of hydrogen-bond donors (Lipinski definition) is 1. The molecule has 1 aliphatic carbocycles. The molecule has 5 rings (SSSR count). The zero-order valence-corrected chi connectivity index (χ0v) is 27.5. The Morgan fingerprint density at radius 1 is 0.520 bits per heavy atom. The molecule has 0 amide bonds. The van der Waals surface area contributed by atoms with Gasteiger partial charge in [-0.15, -0.1) is 0 Å². The number of carbonyl (C=O) groups is 4. The quantitative estimate of drug-likeness (QED) is 0.0893. The van der Waals surface area contributed by atoms with E-state index in [1.165, 1.54) is 0 Å². The van der Waals surface area contributed by atoms with E-state index < -0.39 is 54.2 Å². The number of unbranched alkanes of at least 4 members (excludes halogenated alkanes) is 2. The van der Waals surface area contributed by atoms with Crippen molar-refractivity contribution in [3.05, 3.63) is 144 Å². The number of carbonyl (C=O) groups excluding carboxylic acids is 4. The van der Waals surface area contributed by atoms with Gasteiger partial charge in [-0.25, -0.2) is 19.2 Å². The van der Waals surface area contributed by atoms with Crippen molar-refractivity contribution in [3.8, 4) is 0 Å². The Labute approximate surface area is 290 Å². The summed E-state index contributed by atoms with van der Waals surface area (Å²) in [5.41, 5.74) is 1.08. The van der Waals surface area contributed by atoms with Gasteiger partial charge in [-0.3, -0.25) is 0 Å². The molecular formula is C40H40O10. The van der Waals surface area contributed by atoms with E-state index in [4.69, 9.17) is 23.7 Å². The molecule has 3 unspecified atom stereocenters. The molecule has 10 nitrogen and oxygen atoms in total. The first kappa shape index (κ1) is 36.0. The highest BCUT2D eigenvalue weighted by Crippen LogP contribution is 2.36. The largest absolute Gasteiger partial charge is 0.462 e. The minimum atomic E-state index is -1.36. The first-order valence-electron chi connectivity index (χ1n) is 16.7. The third kappa shape index (κ3) is 9.87. The maximum Gasteiger partial charge on any atom is 0.338 e. The number of benzene rings is 4. The van der Waals surface area contributed by atoms with E-state index in [0.717, 1.165) is 0 Å². The highest BCUT2D eigenvalue weighted by Gasteiger charge is 2.52. The Morgan fingerprint density at radius 3 is 1.40 bits per heavy atom. The molecule has 0 aliphatic heterocycles. The van der Waals surface area contributed by atoms with Gasteiger partial charge in [-0.1, -0.05) is 72.8 Å². The van der Waals surface area contributed by atoms with Gasteiger partial charge in [0.05, 0.1) is 35.0 Å². The zero-order chi connectivity index (χ0) is 35.1. The maximum atomic E-state index is 13.7. The van der Waals surface area contributed by atoms with Crippen LogP contribution in [0.4, 0.5) is 0 Å². The van der Waals surface area contributed by atoms with E-state index in [0.29, 0.717) is 24.8 Å². The number of ether oxygens (including phenoxy) is 5. The highest BCUT2D eigenvalue weighted by molar-refractivity contribution is 5.91. The van der Waals surface area contributed by atoms with Crippen LogP contribution < -0.4 is 0 Å². The molecule has 0 heterocycles. The standard InChI is InChI=1S/C40H40O10/c41-24-14-5-15-25-46-33-26-32(27-47-37(42)28-16-6-1-7-17-28)34(48-38(43)29-18-8-2-9-19-29)36(50-40(45)31-22-12-4-13-23-31)35(33)49-39(44)30-20-10-3-11-21-30/h1-4,6-13,16-23,32-36,41H,5,14-15,24-27H2/t32?,33-,34+,35?,36?/m1/s1. The molecular weight excluding hydrogens is 640 g/mol. The summed E-state index contributed by atoms with van der Waals surface area (Å²) in [4.78, 5) is 53.9. The van der Waals surface area contributed by atoms with Crippen LogP contribution in [-0.4, -0.2) is 73.2 Å². The van der Waals surface area contributed by atoms with Crippen molar-refractivity contribution < 1.29 is 48.0 Å². The van der Waals surface area contributed by atoms with Gasteiger partial charge in [0.2, 0.25) is 0 Å². The normalized spacial score (nSPS) is 19.9. The lowest BCUT2D eigenvalue weighted by molar-refractivity contribution is -0.182. The van der Waals surface area contributed by atoms with Crippen molar-refractivity contribution in [2.24, 2.45) is 5.92 Å². The first-order chi connectivity index (χ1) is 24.4. The lowest BCUT2D eigenvalue weighted by atomic mass is 9.80. The molecule has 50 heavy (non-hydrogen) atoms. The summed E-state index contributed by atoms with van der Waals surface area (Å²) in [6, 6.07) is 33.4. The van der Waals surface area contributed by atoms with Crippen LogP contribution in [-0.2, 0) is 23.7 Å². The molecule has 260 valence electrons. The van der Waals surface area contributed by atoms with E-state index >= 15 is 0 Å². The molecule has 0 bridgehead atoms. The van der Waals surface area contributed by atoms with Crippen LogP contribution in [0.15, 0.2) is 121 Å². The van der Waals surface area contributed by atoms with E-state index in [-0.39, 0.29) is 42.9 Å². The van der Waals surface area contributed by atoms with Gasteiger partial charge in [-0.2, -0.15) is 0 Å². The SMILES string of the molecule is O=C(OCC1C[C@@H](OCCCCCO)C(OC(=O)c2ccccc2)C(OC(=O)c2ccccc2)[C@H]1OC(=O)c1ccccc1)c1ccccc1. The van der Waals surface area contributed by atoms with Gasteiger partial charge in [-0.05, 0) is 74.2 Å². The van der Waals surface area contributed by atoms with Crippen LogP contribution >= 0.6 is 0 Å². The monoisotopic (exact) mass is 680 g/mol. The van der Waals surface area contributed by atoms with Crippen LogP contribution in [0, 0.1) is 5.92 Å². The predicted molar refractivity (Wildman–Crippen MR) is 182 cm³/mol. The molecule has 1 saturated carbocycles. The zero-order valence-electron chi connectivity index (χ0n) is 27.5. The minimum absolute atomic E-state index is 0.0432. The van der Waals surface area contributed by atoms with Gasteiger partial charge in [0, 0.05) is 19.1 Å². The summed E-state index contributed by atoms with van der Waals surface area (Å²) in [6.07, 6.45) is -2.64. The molecule has 0 radical (unpaired) electrons. The van der Waals surface area contributed by atoms with Crippen LogP contribution in [0.25, 0.3) is 0 Å². The van der Waals surface area contributed by atoms with Crippen molar-refractivity contribution in [2.45, 2.75) is 50.1 Å². The van der Waals surface area contributed by atoms with Crippen molar-refractivity contribution in [1.82, 2.24) is 0 Å². The summed E-state index contributed by atoms with van der Waals surface area (Å²) in [6.45, 7) is 0.0690. The number of aliphatic hydroxyl groups is 1. The number of rotatable bonds is 15. The van der Waals surface area contributed by atoms with Crippen molar-refractivity contribution in [2.75, 3.05) is 19.8 Å². The first-order valence-corrected chi connectivity index (χ1v) is 16.7. The Bertz CT molecular complexity index is 1660. The maximum absolute atomic E-state index is 13.7. The van der Waals surface area contributed by atoms with E-state index in [9.17, 15) is 24.3 Å². The average Bonchev–Trinajstić information content (AvgIpc) is 3.17. The summed E-state index contributed by atoms with van der Waals surface area (Å²) >= 11 is 0. The smallest absolute Gasteiger partial charge is 0.338 e. The van der Waals surface area contributed by atoms with Crippen molar-refractivity contribution in [3.63, 3.8) is 0 Å². The van der Waals surface area contributed by atoms with E-state index in [2.05, 4.69) is 0 Å². The molecule has 5 atom stereocenters. The van der Waals surface area contributed by atoms with Crippen molar-refractivity contribution >= 4 is 23.9 Å². The molecule has 1 fully saturated rings. The molecule has 0 aromatic heterocycles. The second kappa shape index (κ2) is 18.4. The Hall–Kier alpha value is -5.32. The average molecular weight is 681 g/mol. The number of aliphatic hydroxyl groups excluding tert-OH is 1. The van der Waals surface area contributed by atoms with Gasteiger partial charge < -0.3 is 28.8 Å². The van der Waals surface area contributed by atoms with Crippen LogP contribution in [0.3, 0.4) is 0 Å². The lowest BCUT2D eigenvalue weighted by Gasteiger charge is -2.44. The highest BCUT2D eigenvalue weighted by atomic mass is 16.6. The third-order valence-electron chi connectivity index (χ3n) is 8.34. The second-order valence-corrected chi connectivity index (χ2v) is 11.9. The summed E-state index contributed by atoms with van der Waals surface area (Å²) in [5.74, 6) is -3.45. The summed E-state index contributed by atoms with van der Waals surface area (Å²) < 4.78 is 30.4. The predicted octanol–water partition coefficient (Wildman–Crippen LogP) is 6.09. The van der Waals surface area contributed by atoms with Gasteiger partial charge in [0.1, 0.15) is 6.10 Å². The third-order valence-corrected chi connectivity index (χ3v) is 8.34.